The Balaban J connectivity index is 0.00000288. The minimum atomic E-state index is 0. The molecule has 2 rings (SSSR count). The number of aryl methyl sites for hydroxylation is 1. The van der Waals surface area contributed by atoms with Crippen LogP contribution in [0, 0.1) is 6.92 Å². The molecule has 2 aromatic carbocycles. The summed E-state index contributed by atoms with van der Waals surface area (Å²) in [6, 6.07) is 13.9. The molecule has 0 aliphatic heterocycles. The number of aliphatic imine (C=N–C) groups is 1. The zero-order valence-electron chi connectivity index (χ0n) is 14.2. The predicted octanol–water partition coefficient (Wildman–Crippen LogP) is 3.60. The molecular weight excluding hydrogens is 417 g/mol. The van der Waals surface area contributed by atoms with Gasteiger partial charge in [0.1, 0.15) is 0 Å². The van der Waals surface area contributed by atoms with Gasteiger partial charge in [0.25, 0.3) is 0 Å². The lowest BCUT2D eigenvalue weighted by molar-refractivity contribution is 0.355. The Kier molecular flexibility index (Phi) is 8.39. The first kappa shape index (κ1) is 20.1. The van der Waals surface area contributed by atoms with E-state index in [0.717, 1.165) is 12.1 Å². The molecule has 5 nitrogen and oxygen atoms in total. The summed E-state index contributed by atoms with van der Waals surface area (Å²) in [6.07, 6.45) is 0.856. The van der Waals surface area contributed by atoms with Gasteiger partial charge in [-0.15, -0.1) is 24.0 Å². The van der Waals surface area contributed by atoms with Crippen molar-refractivity contribution in [2.24, 2.45) is 10.7 Å². The molecule has 24 heavy (non-hydrogen) atoms. The highest BCUT2D eigenvalue weighted by Crippen LogP contribution is 2.29. The van der Waals surface area contributed by atoms with Crippen molar-refractivity contribution in [3.05, 3.63) is 53.6 Å². The highest BCUT2D eigenvalue weighted by atomic mass is 127. The number of nitrogens with two attached hydrogens (primary N) is 1. The van der Waals surface area contributed by atoms with Crippen molar-refractivity contribution >= 4 is 35.6 Å². The van der Waals surface area contributed by atoms with Crippen LogP contribution in [0.5, 0.6) is 11.5 Å². The first-order valence-electron chi connectivity index (χ1n) is 7.47. The Morgan fingerprint density at radius 1 is 1.04 bits per heavy atom. The lowest BCUT2D eigenvalue weighted by Gasteiger charge is -2.11. The van der Waals surface area contributed by atoms with Crippen LogP contribution in [0.1, 0.15) is 11.1 Å². The van der Waals surface area contributed by atoms with Gasteiger partial charge in [-0.1, -0.05) is 29.8 Å². The summed E-state index contributed by atoms with van der Waals surface area (Å²) in [5.74, 6) is 1.70. The summed E-state index contributed by atoms with van der Waals surface area (Å²) in [5, 5.41) is 3.06. The number of nitrogens with one attached hydrogen (secondary N) is 1. The summed E-state index contributed by atoms with van der Waals surface area (Å²) in [4.78, 5) is 4.35. The van der Waals surface area contributed by atoms with Gasteiger partial charge in [0, 0.05) is 18.3 Å². The molecule has 2 aromatic rings. The molecule has 0 aliphatic carbocycles. The fourth-order valence-corrected chi connectivity index (χ4v) is 2.16. The average Bonchev–Trinajstić information content (AvgIpc) is 2.56. The predicted molar refractivity (Wildman–Crippen MR) is 110 cm³/mol. The Morgan fingerprint density at radius 2 is 1.71 bits per heavy atom. The van der Waals surface area contributed by atoms with Crippen LogP contribution in [-0.2, 0) is 6.42 Å². The number of nitrogens with zero attached hydrogens (tertiary/aromatic N) is 1. The van der Waals surface area contributed by atoms with Crippen molar-refractivity contribution in [3.8, 4) is 11.5 Å². The van der Waals surface area contributed by atoms with Crippen LogP contribution in [0.3, 0.4) is 0 Å². The molecule has 0 unspecified atom stereocenters. The first-order valence-corrected chi connectivity index (χ1v) is 7.47. The van der Waals surface area contributed by atoms with E-state index < -0.39 is 0 Å². The molecule has 0 amide bonds. The Hall–Kier alpha value is -1.96. The van der Waals surface area contributed by atoms with E-state index in [9.17, 15) is 0 Å². The van der Waals surface area contributed by atoms with Crippen LogP contribution in [0.15, 0.2) is 47.5 Å². The number of benzene rings is 2. The molecule has 0 aromatic heterocycles. The minimum Gasteiger partial charge on any atom is -0.493 e. The molecule has 0 fully saturated rings. The second kappa shape index (κ2) is 10.0. The molecule has 6 heteroatoms. The third kappa shape index (κ3) is 5.92. The van der Waals surface area contributed by atoms with Crippen LogP contribution < -0.4 is 20.5 Å². The minimum absolute atomic E-state index is 0. The van der Waals surface area contributed by atoms with Gasteiger partial charge in [-0.2, -0.15) is 0 Å². The van der Waals surface area contributed by atoms with Crippen LogP contribution in [0.4, 0.5) is 5.69 Å². The lowest BCUT2D eigenvalue weighted by atomic mass is 10.1. The van der Waals surface area contributed by atoms with E-state index >= 15 is 0 Å². The van der Waals surface area contributed by atoms with E-state index in [4.69, 9.17) is 15.2 Å². The van der Waals surface area contributed by atoms with E-state index in [1.165, 1.54) is 11.1 Å². The molecule has 130 valence electrons. The number of hydrogen-bond acceptors (Lipinski definition) is 3. The van der Waals surface area contributed by atoms with Gasteiger partial charge in [-0.25, -0.2) is 0 Å². The summed E-state index contributed by atoms with van der Waals surface area (Å²) in [7, 11) is 3.20. The number of ether oxygens (including phenoxy) is 2. The van der Waals surface area contributed by atoms with Gasteiger partial charge in [0.15, 0.2) is 17.5 Å². The van der Waals surface area contributed by atoms with Crippen molar-refractivity contribution < 1.29 is 9.47 Å². The van der Waals surface area contributed by atoms with Crippen LogP contribution in [-0.4, -0.2) is 26.7 Å². The van der Waals surface area contributed by atoms with Crippen molar-refractivity contribution in [2.75, 3.05) is 26.1 Å². The third-order valence-electron chi connectivity index (χ3n) is 3.46. The van der Waals surface area contributed by atoms with E-state index in [0.29, 0.717) is 24.0 Å². The van der Waals surface area contributed by atoms with E-state index in [1.807, 2.05) is 18.2 Å². The average molecular weight is 441 g/mol. The fourth-order valence-electron chi connectivity index (χ4n) is 2.16. The molecular formula is C18H24IN3O2. The lowest BCUT2D eigenvalue weighted by Crippen LogP contribution is -2.23. The molecule has 0 saturated heterocycles. The maximum Gasteiger partial charge on any atom is 0.193 e. The van der Waals surface area contributed by atoms with Crippen molar-refractivity contribution in [2.45, 2.75) is 13.3 Å². The number of rotatable bonds is 6. The van der Waals surface area contributed by atoms with Crippen molar-refractivity contribution in [3.63, 3.8) is 0 Å². The Morgan fingerprint density at radius 3 is 2.33 bits per heavy atom. The van der Waals surface area contributed by atoms with Crippen LogP contribution in [0.25, 0.3) is 0 Å². The summed E-state index contributed by atoms with van der Waals surface area (Å²) < 4.78 is 10.5. The Bertz CT molecular complexity index is 672. The first-order chi connectivity index (χ1) is 11.1. The van der Waals surface area contributed by atoms with Crippen molar-refractivity contribution in [1.82, 2.24) is 0 Å². The van der Waals surface area contributed by atoms with Gasteiger partial charge in [0.2, 0.25) is 0 Å². The quantitative estimate of drug-likeness (QED) is 0.409. The second-order valence-corrected chi connectivity index (χ2v) is 5.20. The molecule has 0 bridgehead atoms. The topological polar surface area (TPSA) is 68.9 Å². The Labute approximate surface area is 160 Å². The van der Waals surface area contributed by atoms with E-state index in [-0.39, 0.29) is 24.0 Å². The summed E-state index contributed by atoms with van der Waals surface area (Å²) in [5.41, 5.74) is 9.23. The molecule has 0 heterocycles. The molecule has 0 atom stereocenters. The fraction of sp³-hybridized carbons (Fsp3) is 0.278. The van der Waals surface area contributed by atoms with Gasteiger partial charge in [-0.05, 0) is 31.0 Å². The highest BCUT2D eigenvalue weighted by molar-refractivity contribution is 14.0. The SMILES string of the molecule is COc1ccc(NC(N)=NCCc2ccc(C)cc2)cc1OC.I. The van der Waals surface area contributed by atoms with E-state index in [1.54, 1.807) is 14.2 Å². The van der Waals surface area contributed by atoms with E-state index in [2.05, 4.69) is 41.5 Å². The van der Waals surface area contributed by atoms with Crippen LogP contribution in [0.2, 0.25) is 0 Å². The molecule has 0 saturated carbocycles. The van der Waals surface area contributed by atoms with Gasteiger partial charge in [0.05, 0.1) is 14.2 Å². The maximum atomic E-state index is 5.92. The maximum absolute atomic E-state index is 5.92. The standard InChI is InChI=1S/C18H23N3O2.HI/c1-13-4-6-14(7-5-13)10-11-20-18(19)21-15-8-9-16(22-2)17(12-15)23-3;/h4-9,12H,10-11H2,1-3H3,(H3,19,20,21);1H. The molecule has 0 radical (unpaired) electrons. The number of hydrogen-bond donors (Lipinski definition) is 2. The number of halogens is 1. The zero-order chi connectivity index (χ0) is 16.7. The smallest absolute Gasteiger partial charge is 0.193 e. The molecule has 3 N–H and O–H groups in total. The number of methoxy groups -OCH3 is 2. The highest BCUT2D eigenvalue weighted by Gasteiger charge is 2.05. The second-order valence-electron chi connectivity index (χ2n) is 5.20. The zero-order valence-corrected chi connectivity index (χ0v) is 16.5. The normalized spacial score (nSPS) is 10.7. The monoisotopic (exact) mass is 441 g/mol. The van der Waals surface area contributed by atoms with Gasteiger partial charge in [-0.3, -0.25) is 4.99 Å². The molecule has 0 spiro atoms. The summed E-state index contributed by atoms with van der Waals surface area (Å²) >= 11 is 0. The number of anilines is 1. The van der Waals surface area contributed by atoms with Crippen LogP contribution >= 0.6 is 24.0 Å². The largest absolute Gasteiger partial charge is 0.493 e. The van der Waals surface area contributed by atoms with Gasteiger partial charge < -0.3 is 20.5 Å². The number of guanidine groups is 1. The third-order valence-corrected chi connectivity index (χ3v) is 3.46. The molecule has 0 aliphatic rings. The summed E-state index contributed by atoms with van der Waals surface area (Å²) in [6.45, 7) is 2.71. The van der Waals surface area contributed by atoms with Gasteiger partial charge >= 0.3 is 0 Å². The van der Waals surface area contributed by atoms with Crippen molar-refractivity contribution in [1.29, 1.82) is 0 Å².